The lowest BCUT2D eigenvalue weighted by atomic mass is 9.88. The van der Waals surface area contributed by atoms with E-state index in [1.807, 2.05) is 0 Å². The Kier molecular flexibility index (Phi) is 6.55. The van der Waals surface area contributed by atoms with Crippen LogP contribution >= 0.6 is 0 Å². The summed E-state index contributed by atoms with van der Waals surface area (Å²) in [5.41, 5.74) is 9.02. The molecule has 0 bridgehead atoms. The quantitative estimate of drug-likeness (QED) is 0.750. The lowest BCUT2D eigenvalue weighted by Crippen LogP contribution is -2.38. The zero-order chi connectivity index (χ0) is 19.4. The smallest absolute Gasteiger partial charge is 0.161 e. The summed E-state index contributed by atoms with van der Waals surface area (Å²) in [4.78, 5) is 2.40. The van der Waals surface area contributed by atoms with Gasteiger partial charge in [0.25, 0.3) is 0 Å². The summed E-state index contributed by atoms with van der Waals surface area (Å²) in [5.74, 6) is -2.40. The molecule has 1 heterocycles. The molecule has 1 aliphatic heterocycles. The second kappa shape index (κ2) is 8.89. The topological polar surface area (TPSA) is 29.3 Å². The highest BCUT2D eigenvalue weighted by Crippen LogP contribution is 2.29. The number of rotatable bonds is 6. The van der Waals surface area contributed by atoms with Gasteiger partial charge in [0.1, 0.15) is 5.82 Å². The van der Waals surface area contributed by atoms with Crippen molar-refractivity contribution in [1.29, 1.82) is 0 Å². The van der Waals surface area contributed by atoms with Crippen LogP contribution in [0.5, 0.6) is 0 Å². The van der Waals surface area contributed by atoms with Crippen LogP contribution < -0.4 is 5.73 Å². The van der Waals surface area contributed by atoms with Crippen molar-refractivity contribution in [2.45, 2.75) is 44.6 Å². The van der Waals surface area contributed by atoms with Gasteiger partial charge in [-0.2, -0.15) is 0 Å². The Bertz CT molecular complexity index is 778. The van der Waals surface area contributed by atoms with Gasteiger partial charge in [0.15, 0.2) is 11.6 Å². The molecule has 1 fully saturated rings. The summed E-state index contributed by atoms with van der Waals surface area (Å²) >= 11 is 0. The van der Waals surface area contributed by atoms with Gasteiger partial charge in [-0.25, -0.2) is 13.2 Å². The molecule has 0 amide bonds. The number of benzene rings is 2. The van der Waals surface area contributed by atoms with Crippen molar-refractivity contribution in [3.05, 3.63) is 70.5 Å². The van der Waals surface area contributed by atoms with Crippen LogP contribution in [0.3, 0.4) is 0 Å². The highest BCUT2D eigenvalue weighted by Gasteiger charge is 2.23. The molecule has 2 atom stereocenters. The minimum absolute atomic E-state index is 0.137. The molecule has 0 aromatic heterocycles. The molecule has 0 saturated carbocycles. The van der Waals surface area contributed by atoms with Gasteiger partial charge in [-0.15, -0.1) is 0 Å². The van der Waals surface area contributed by atoms with Crippen LogP contribution in [0.15, 0.2) is 36.4 Å². The van der Waals surface area contributed by atoms with Gasteiger partial charge >= 0.3 is 0 Å². The highest BCUT2D eigenvalue weighted by molar-refractivity contribution is 5.29. The van der Waals surface area contributed by atoms with E-state index in [1.165, 1.54) is 17.5 Å². The Hall–Kier alpha value is -1.85. The summed E-state index contributed by atoms with van der Waals surface area (Å²) in [6.45, 7) is 5.02. The largest absolute Gasteiger partial charge is 0.327 e. The second-order valence-electron chi connectivity index (χ2n) is 7.61. The van der Waals surface area contributed by atoms with Crippen molar-refractivity contribution in [3.63, 3.8) is 0 Å². The van der Waals surface area contributed by atoms with E-state index in [1.54, 1.807) is 0 Å². The Morgan fingerprint density at radius 1 is 1.11 bits per heavy atom. The molecule has 2 aromatic rings. The Morgan fingerprint density at radius 3 is 2.63 bits per heavy atom. The normalized spacial score (nSPS) is 19.2. The lowest BCUT2D eigenvalue weighted by molar-refractivity contribution is 0.201. The third-order valence-corrected chi connectivity index (χ3v) is 5.52. The first-order valence-electron chi connectivity index (χ1n) is 9.61. The summed E-state index contributed by atoms with van der Waals surface area (Å²) in [6.07, 6.45) is 3.23. The van der Waals surface area contributed by atoms with Gasteiger partial charge in [-0.05, 0) is 74.4 Å². The van der Waals surface area contributed by atoms with Crippen molar-refractivity contribution >= 4 is 0 Å². The first kappa shape index (κ1) is 19.9. The maximum absolute atomic E-state index is 13.8. The molecule has 0 spiro atoms. The molecule has 0 radical (unpaired) electrons. The van der Waals surface area contributed by atoms with Crippen LogP contribution in [0.1, 0.15) is 41.9 Å². The number of aryl methyl sites for hydroxylation is 1. The average molecular weight is 376 g/mol. The van der Waals surface area contributed by atoms with E-state index in [9.17, 15) is 13.2 Å². The standard InChI is InChI=1S/C22H27F3N2/c1-15-5-2-3-7-19(15)16-6-4-9-27(14-16)10-8-18(26)11-17-12-21(24)22(25)13-20(17)23/h2-3,5,7,12-13,16,18H,4,6,8-11,14,26H2,1H3/t16?,18-/m0/s1. The van der Waals surface area contributed by atoms with Gasteiger partial charge in [0.2, 0.25) is 0 Å². The van der Waals surface area contributed by atoms with Crippen LogP contribution in [0.25, 0.3) is 0 Å². The zero-order valence-electron chi connectivity index (χ0n) is 15.7. The van der Waals surface area contributed by atoms with Gasteiger partial charge in [-0.3, -0.25) is 0 Å². The monoisotopic (exact) mass is 376 g/mol. The molecule has 146 valence electrons. The van der Waals surface area contributed by atoms with Crippen molar-refractivity contribution in [1.82, 2.24) is 4.90 Å². The number of hydrogen-bond acceptors (Lipinski definition) is 2. The Labute approximate surface area is 159 Å². The van der Waals surface area contributed by atoms with Crippen molar-refractivity contribution in [2.24, 2.45) is 5.73 Å². The van der Waals surface area contributed by atoms with Crippen molar-refractivity contribution in [3.8, 4) is 0 Å². The number of nitrogens with zero attached hydrogens (tertiary/aromatic N) is 1. The molecule has 1 unspecified atom stereocenters. The predicted octanol–water partition coefficient (Wildman–Crippen LogP) is 4.55. The number of likely N-dealkylation sites (tertiary alicyclic amines) is 1. The first-order valence-corrected chi connectivity index (χ1v) is 9.61. The number of nitrogens with two attached hydrogens (primary N) is 1. The molecule has 2 N–H and O–H groups in total. The summed E-state index contributed by atoms with van der Waals surface area (Å²) in [7, 11) is 0. The first-order chi connectivity index (χ1) is 12.9. The maximum Gasteiger partial charge on any atom is 0.161 e. The Balaban J connectivity index is 1.53. The molecule has 1 aliphatic rings. The fourth-order valence-electron chi connectivity index (χ4n) is 4.01. The van der Waals surface area contributed by atoms with E-state index in [-0.39, 0.29) is 18.0 Å². The van der Waals surface area contributed by atoms with Gasteiger partial charge in [0.05, 0.1) is 0 Å². The number of piperidine rings is 1. The van der Waals surface area contributed by atoms with E-state index in [4.69, 9.17) is 5.73 Å². The van der Waals surface area contributed by atoms with Gasteiger partial charge in [0, 0.05) is 18.7 Å². The number of halogens is 3. The molecular formula is C22H27F3N2. The van der Waals surface area contributed by atoms with E-state index < -0.39 is 17.5 Å². The molecule has 0 aliphatic carbocycles. The van der Waals surface area contributed by atoms with E-state index in [2.05, 4.69) is 36.1 Å². The van der Waals surface area contributed by atoms with Crippen LogP contribution in [-0.4, -0.2) is 30.6 Å². The molecule has 5 heteroatoms. The third kappa shape index (κ3) is 5.11. The van der Waals surface area contributed by atoms with Crippen LogP contribution in [0.2, 0.25) is 0 Å². The van der Waals surface area contributed by atoms with E-state index in [0.717, 1.165) is 32.1 Å². The van der Waals surface area contributed by atoms with Crippen LogP contribution in [-0.2, 0) is 6.42 Å². The zero-order valence-corrected chi connectivity index (χ0v) is 15.7. The molecular weight excluding hydrogens is 349 g/mol. The average Bonchev–Trinajstić information content (AvgIpc) is 2.65. The number of hydrogen-bond donors (Lipinski definition) is 1. The summed E-state index contributed by atoms with van der Waals surface area (Å²) in [6, 6.07) is 9.74. The van der Waals surface area contributed by atoms with Crippen molar-refractivity contribution in [2.75, 3.05) is 19.6 Å². The predicted molar refractivity (Wildman–Crippen MR) is 102 cm³/mol. The molecule has 1 saturated heterocycles. The van der Waals surface area contributed by atoms with E-state index in [0.29, 0.717) is 18.4 Å². The fourth-order valence-corrected chi connectivity index (χ4v) is 4.01. The molecule has 2 aromatic carbocycles. The molecule has 2 nitrogen and oxygen atoms in total. The highest BCUT2D eigenvalue weighted by atomic mass is 19.2. The van der Waals surface area contributed by atoms with Crippen LogP contribution in [0, 0.1) is 24.4 Å². The maximum atomic E-state index is 13.8. The Morgan fingerprint density at radius 2 is 1.85 bits per heavy atom. The molecule has 27 heavy (non-hydrogen) atoms. The summed E-state index contributed by atoms with van der Waals surface area (Å²) < 4.78 is 40.2. The summed E-state index contributed by atoms with van der Waals surface area (Å²) in [5, 5.41) is 0. The minimum Gasteiger partial charge on any atom is -0.327 e. The molecule has 3 rings (SSSR count). The second-order valence-corrected chi connectivity index (χ2v) is 7.61. The van der Waals surface area contributed by atoms with Gasteiger partial charge in [-0.1, -0.05) is 24.3 Å². The third-order valence-electron chi connectivity index (χ3n) is 5.52. The van der Waals surface area contributed by atoms with Gasteiger partial charge < -0.3 is 10.6 Å². The van der Waals surface area contributed by atoms with Crippen LogP contribution in [0.4, 0.5) is 13.2 Å². The fraction of sp³-hybridized carbons (Fsp3) is 0.455. The minimum atomic E-state index is -1.17. The van der Waals surface area contributed by atoms with Crippen molar-refractivity contribution < 1.29 is 13.2 Å². The van der Waals surface area contributed by atoms with E-state index >= 15 is 0 Å². The SMILES string of the molecule is Cc1ccccc1C1CCCN(CC[C@H](N)Cc2cc(F)c(F)cc2F)C1. The lowest BCUT2D eigenvalue weighted by Gasteiger charge is -2.34.